The maximum Gasteiger partial charge on any atom is 0.124 e. The molecule has 1 aromatic heterocycles. The quantitative estimate of drug-likeness (QED) is 0.675. The van der Waals surface area contributed by atoms with E-state index in [9.17, 15) is 0 Å². The molecule has 2 nitrogen and oxygen atoms in total. The second-order valence-electron chi connectivity index (χ2n) is 4.92. The first kappa shape index (κ1) is 16.5. The van der Waals surface area contributed by atoms with E-state index in [1.807, 2.05) is 6.07 Å². The van der Waals surface area contributed by atoms with E-state index in [0.717, 1.165) is 35.5 Å². The largest absolute Gasteiger partial charge is 0.493 e. The van der Waals surface area contributed by atoms with Crippen molar-refractivity contribution in [2.45, 2.75) is 32.7 Å². The highest BCUT2D eigenvalue weighted by Crippen LogP contribution is 2.35. The summed E-state index contributed by atoms with van der Waals surface area (Å²) < 4.78 is 7.09. The normalized spacial score (nSPS) is 12.3. The molecule has 0 aliphatic carbocycles. The van der Waals surface area contributed by atoms with Gasteiger partial charge in [-0.1, -0.05) is 32.0 Å². The third-order valence-corrected chi connectivity index (χ3v) is 4.86. The second kappa shape index (κ2) is 8.57. The van der Waals surface area contributed by atoms with Gasteiger partial charge in [0.1, 0.15) is 5.75 Å². The van der Waals surface area contributed by atoms with Gasteiger partial charge in [0.25, 0.3) is 0 Å². The number of thiophene rings is 1. The monoisotopic (exact) mass is 367 g/mol. The zero-order valence-electron chi connectivity index (χ0n) is 12.6. The Kier molecular flexibility index (Phi) is 6.74. The molecule has 0 saturated heterocycles. The van der Waals surface area contributed by atoms with E-state index in [1.54, 1.807) is 11.3 Å². The Morgan fingerprint density at radius 1 is 1.14 bits per heavy atom. The van der Waals surface area contributed by atoms with Gasteiger partial charge in [-0.2, -0.15) is 0 Å². The minimum atomic E-state index is 0.189. The fourth-order valence-corrected chi connectivity index (χ4v) is 3.72. The Morgan fingerprint density at radius 2 is 1.95 bits per heavy atom. The van der Waals surface area contributed by atoms with Crippen LogP contribution in [0, 0.1) is 0 Å². The first-order valence-electron chi connectivity index (χ1n) is 7.46. The van der Waals surface area contributed by atoms with Crippen molar-refractivity contribution in [2.24, 2.45) is 0 Å². The van der Waals surface area contributed by atoms with E-state index in [0.29, 0.717) is 0 Å². The van der Waals surface area contributed by atoms with Crippen molar-refractivity contribution in [3.63, 3.8) is 0 Å². The number of ether oxygens (including phenoxy) is 1. The van der Waals surface area contributed by atoms with Gasteiger partial charge in [-0.25, -0.2) is 0 Å². The number of hydrogen-bond donors (Lipinski definition) is 1. The minimum absolute atomic E-state index is 0.189. The lowest BCUT2D eigenvalue weighted by molar-refractivity contribution is 0.312. The summed E-state index contributed by atoms with van der Waals surface area (Å²) in [5, 5.41) is 3.64. The number of halogens is 1. The van der Waals surface area contributed by atoms with Gasteiger partial charge in [-0.3, -0.25) is 0 Å². The average Bonchev–Trinajstić information content (AvgIpc) is 2.93. The van der Waals surface area contributed by atoms with Gasteiger partial charge >= 0.3 is 0 Å². The summed E-state index contributed by atoms with van der Waals surface area (Å²) in [6.45, 7) is 6.06. The summed E-state index contributed by atoms with van der Waals surface area (Å²) in [6.07, 6.45) is 2.13. The summed E-state index contributed by atoms with van der Waals surface area (Å²) in [4.78, 5) is 1.31. The fourth-order valence-electron chi connectivity index (χ4n) is 2.20. The fraction of sp³-hybridized carbons (Fsp3) is 0.412. The Bertz CT molecular complexity index is 555. The Hall–Kier alpha value is -0.840. The van der Waals surface area contributed by atoms with Gasteiger partial charge in [-0.15, -0.1) is 11.3 Å². The minimum Gasteiger partial charge on any atom is -0.493 e. The summed E-state index contributed by atoms with van der Waals surface area (Å²) in [6, 6.07) is 12.8. The van der Waals surface area contributed by atoms with E-state index in [2.05, 4.69) is 65.4 Å². The first-order chi connectivity index (χ1) is 10.3. The van der Waals surface area contributed by atoms with Gasteiger partial charge in [0.05, 0.1) is 16.4 Å². The lowest BCUT2D eigenvalue weighted by Crippen LogP contribution is -2.23. The highest BCUT2D eigenvalue weighted by Gasteiger charge is 2.19. The third-order valence-electron chi connectivity index (χ3n) is 3.17. The molecule has 1 N–H and O–H groups in total. The van der Waals surface area contributed by atoms with Crippen LogP contribution in [0.1, 0.15) is 43.2 Å². The van der Waals surface area contributed by atoms with Crippen molar-refractivity contribution in [3.8, 4) is 5.75 Å². The van der Waals surface area contributed by atoms with Crippen molar-refractivity contribution in [1.29, 1.82) is 0 Å². The van der Waals surface area contributed by atoms with Crippen LogP contribution in [0.4, 0.5) is 0 Å². The maximum absolute atomic E-state index is 5.93. The van der Waals surface area contributed by atoms with Crippen LogP contribution in [0.25, 0.3) is 0 Å². The van der Waals surface area contributed by atoms with Gasteiger partial charge in [0.2, 0.25) is 0 Å². The molecular formula is C17H22BrNOS. The number of nitrogens with one attached hydrogen (secondary N) is 1. The molecule has 2 rings (SSSR count). The first-order valence-corrected chi connectivity index (χ1v) is 9.07. The van der Waals surface area contributed by atoms with Crippen molar-refractivity contribution in [1.82, 2.24) is 5.32 Å². The maximum atomic E-state index is 5.93. The van der Waals surface area contributed by atoms with Crippen LogP contribution in [0.2, 0.25) is 0 Å². The van der Waals surface area contributed by atoms with Crippen LogP contribution < -0.4 is 10.1 Å². The number of para-hydroxylation sites is 1. The molecule has 0 radical (unpaired) electrons. The molecule has 1 aromatic carbocycles. The van der Waals surface area contributed by atoms with Gasteiger partial charge in [0, 0.05) is 10.4 Å². The van der Waals surface area contributed by atoms with Crippen LogP contribution in [-0.4, -0.2) is 13.2 Å². The van der Waals surface area contributed by atoms with E-state index in [1.165, 1.54) is 10.4 Å². The predicted molar refractivity (Wildman–Crippen MR) is 94.4 cm³/mol. The SMILES string of the molecule is CCCNC(c1ccc(Br)s1)c1ccccc1OCCC. The molecule has 4 heteroatoms. The molecule has 0 amide bonds. The predicted octanol–water partition coefficient (Wildman–Crippen LogP) is 5.39. The number of rotatable bonds is 8. The molecule has 0 fully saturated rings. The molecule has 2 aromatic rings. The molecule has 1 atom stereocenters. The molecule has 0 aliphatic heterocycles. The van der Waals surface area contributed by atoms with Gasteiger partial charge in [-0.05, 0) is 53.5 Å². The molecule has 0 bridgehead atoms. The average molecular weight is 368 g/mol. The Morgan fingerprint density at radius 3 is 2.62 bits per heavy atom. The van der Waals surface area contributed by atoms with Crippen LogP contribution in [-0.2, 0) is 0 Å². The number of benzene rings is 1. The summed E-state index contributed by atoms with van der Waals surface area (Å²) in [7, 11) is 0. The molecule has 21 heavy (non-hydrogen) atoms. The topological polar surface area (TPSA) is 21.3 Å². The Balaban J connectivity index is 2.31. The zero-order chi connectivity index (χ0) is 15.1. The summed E-state index contributed by atoms with van der Waals surface area (Å²) in [5.74, 6) is 0.984. The molecule has 1 unspecified atom stereocenters. The Labute approximate surface area is 139 Å². The molecule has 0 aliphatic rings. The van der Waals surface area contributed by atoms with E-state index in [4.69, 9.17) is 4.74 Å². The van der Waals surface area contributed by atoms with Crippen LogP contribution in [0.15, 0.2) is 40.2 Å². The standard InChI is InChI=1S/C17H22BrNOS/c1-3-11-19-17(15-9-10-16(18)21-15)13-7-5-6-8-14(13)20-12-4-2/h5-10,17,19H,3-4,11-12H2,1-2H3. The van der Waals surface area contributed by atoms with E-state index < -0.39 is 0 Å². The van der Waals surface area contributed by atoms with Gasteiger partial charge < -0.3 is 10.1 Å². The summed E-state index contributed by atoms with van der Waals surface area (Å²) in [5.41, 5.74) is 1.22. The van der Waals surface area contributed by atoms with Crippen molar-refractivity contribution in [3.05, 3.63) is 50.6 Å². The van der Waals surface area contributed by atoms with Crippen molar-refractivity contribution in [2.75, 3.05) is 13.2 Å². The molecule has 1 heterocycles. The van der Waals surface area contributed by atoms with Crippen LogP contribution in [0.5, 0.6) is 5.75 Å². The van der Waals surface area contributed by atoms with Crippen molar-refractivity contribution >= 4 is 27.3 Å². The van der Waals surface area contributed by atoms with E-state index >= 15 is 0 Å². The molecule has 114 valence electrons. The van der Waals surface area contributed by atoms with Gasteiger partial charge in [0.15, 0.2) is 0 Å². The molecular weight excluding hydrogens is 346 g/mol. The third kappa shape index (κ3) is 4.56. The lowest BCUT2D eigenvalue weighted by atomic mass is 10.0. The number of hydrogen-bond acceptors (Lipinski definition) is 3. The zero-order valence-corrected chi connectivity index (χ0v) is 15.0. The lowest BCUT2D eigenvalue weighted by Gasteiger charge is -2.21. The van der Waals surface area contributed by atoms with Crippen LogP contribution in [0.3, 0.4) is 0 Å². The van der Waals surface area contributed by atoms with Crippen molar-refractivity contribution < 1.29 is 4.74 Å². The smallest absolute Gasteiger partial charge is 0.124 e. The molecule has 0 saturated carbocycles. The highest BCUT2D eigenvalue weighted by atomic mass is 79.9. The van der Waals surface area contributed by atoms with Crippen LogP contribution >= 0.6 is 27.3 Å². The highest BCUT2D eigenvalue weighted by molar-refractivity contribution is 9.11. The van der Waals surface area contributed by atoms with E-state index in [-0.39, 0.29) is 6.04 Å². The second-order valence-corrected chi connectivity index (χ2v) is 7.41. The molecule has 0 spiro atoms. The summed E-state index contributed by atoms with van der Waals surface area (Å²) >= 11 is 5.33.